The predicted octanol–water partition coefficient (Wildman–Crippen LogP) is 3.34. The Hall–Kier alpha value is -3.99. The summed E-state index contributed by atoms with van der Waals surface area (Å²) in [6.07, 6.45) is 3.00. The van der Waals surface area contributed by atoms with Crippen LogP contribution in [0.2, 0.25) is 0 Å². The zero-order chi connectivity index (χ0) is 23.2. The second-order valence-corrected chi connectivity index (χ2v) is 8.99. The minimum atomic E-state index is -0.0213. The molecule has 0 spiro atoms. The highest BCUT2D eigenvalue weighted by Crippen LogP contribution is 2.36. The molecule has 0 bridgehead atoms. The van der Waals surface area contributed by atoms with Crippen molar-refractivity contribution in [2.45, 2.75) is 18.8 Å². The number of ether oxygens (including phenoxy) is 1. The molecular formula is C23H22N8O2S. The van der Waals surface area contributed by atoms with Gasteiger partial charge in [0.2, 0.25) is 0 Å². The number of anilines is 1. The summed E-state index contributed by atoms with van der Waals surface area (Å²) in [4.78, 5) is 31.4. The number of hydrogen-bond donors (Lipinski definition) is 2. The number of carbonyl (C=O) groups is 1. The van der Waals surface area contributed by atoms with E-state index >= 15 is 0 Å². The Bertz CT molecular complexity index is 1500. The van der Waals surface area contributed by atoms with E-state index in [1.807, 2.05) is 29.2 Å². The van der Waals surface area contributed by atoms with Crippen LogP contribution in [0.4, 0.5) is 5.82 Å². The van der Waals surface area contributed by atoms with Crippen molar-refractivity contribution in [1.82, 2.24) is 34.4 Å². The SMILES string of the molecule is COc1cccc2cc(-c3nc(C4CCN(C(=O)c5cscn5)CC4)n4ncnc(N)c34)[nH]c12. The molecule has 1 fully saturated rings. The zero-order valence-corrected chi connectivity index (χ0v) is 19.2. The van der Waals surface area contributed by atoms with Gasteiger partial charge in [0.1, 0.15) is 34.8 Å². The highest BCUT2D eigenvalue weighted by molar-refractivity contribution is 7.07. The second kappa shape index (κ2) is 8.10. The molecule has 5 aromatic rings. The van der Waals surface area contributed by atoms with Crippen LogP contribution >= 0.6 is 11.3 Å². The van der Waals surface area contributed by atoms with E-state index in [1.54, 1.807) is 22.5 Å². The number of amides is 1. The number of H-pyrrole nitrogens is 1. The number of rotatable bonds is 4. The number of hydrogen-bond acceptors (Lipinski definition) is 8. The minimum Gasteiger partial charge on any atom is -0.495 e. The van der Waals surface area contributed by atoms with Crippen molar-refractivity contribution in [3.63, 3.8) is 0 Å². The first-order chi connectivity index (χ1) is 16.6. The molecule has 1 saturated heterocycles. The number of imidazole rings is 1. The molecule has 1 amide bonds. The van der Waals surface area contributed by atoms with Gasteiger partial charge in [-0.25, -0.2) is 19.5 Å². The van der Waals surface area contributed by atoms with E-state index in [0.29, 0.717) is 35.8 Å². The van der Waals surface area contributed by atoms with Crippen LogP contribution in [0.25, 0.3) is 27.8 Å². The van der Waals surface area contributed by atoms with E-state index in [1.165, 1.54) is 17.7 Å². The Kier molecular flexibility index (Phi) is 4.91. The molecule has 4 aromatic heterocycles. The quantitative estimate of drug-likeness (QED) is 0.409. The van der Waals surface area contributed by atoms with Gasteiger partial charge in [0, 0.05) is 29.8 Å². The Morgan fingerprint density at radius 2 is 2.12 bits per heavy atom. The number of likely N-dealkylation sites (tertiary alicyclic amines) is 1. The molecule has 0 unspecified atom stereocenters. The van der Waals surface area contributed by atoms with Gasteiger partial charge < -0.3 is 20.4 Å². The highest BCUT2D eigenvalue weighted by Gasteiger charge is 2.30. The largest absolute Gasteiger partial charge is 0.495 e. The summed E-state index contributed by atoms with van der Waals surface area (Å²) >= 11 is 1.43. The van der Waals surface area contributed by atoms with E-state index in [4.69, 9.17) is 15.5 Å². The van der Waals surface area contributed by atoms with Gasteiger partial charge in [-0.2, -0.15) is 5.10 Å². The standard InChI is InChI=1S/C23H22N8O2S/c1-33-17-4-2-3-14-9-15(28-18(14)17)19-20-21(24)25-11-27-31(20)22(29-19)13-5-7-30(8-6-13)23(32)16-10-34-12-26-16/h2-4,9-13,28H,5-8H2,1H3,(H2,24,25,27). The van der Waals surface area contributed by atoms with Crippen molar-refractivity contribution < 1.29 is 9.53 Å². The van der Waals surface area contributed by atoms with Crippen LogP contribution in [0.3, 0.4) is 0 Å². The first kappa shape index (κ1) is 20.6. The minimum absolute atomic E-state index is 0.0213. The van der Waals surface area contributed by atoms with Crippen LogP contribution in [-0.4, -0.2) is 60.6 Å². The van der Waals surface area contributed by atoms with Crippen molar-refractivity contribution in [2.75, 3.05) is 25.9 Å². The van der Waals surface area contributed by atoms with Gasteiger partial charge in [-0.05, 0) is 25.0 Å². The van der Waals surface area contributed by atoms with Gasteiger partial charge in [-0.3, -0.25) is 4.79 Å². The summed E-state index contributed by atoms with van der Waals surface area (Å²) in [5.74, 6) is 2.06. The van der Waals surface area contributed by atoms with E-state index in [9.17, 15) is 4.79 Å². The fourth-order valence-electron chi connectivity index (χ4n) is 4.68. The summed E-state index contributed by atoms with van der Waals surface area (Å²) in [7, 11) is 1.65. The maximum atomic E-state index is 12.7. The molecular weight excluding hydrogens is 452 g/mol. The average Bonchev–Trinajstić information content (AvgIpc) is 3.62. The highest BCUT2D eigenvalue weighted by atomic mass is 32.1. The molecule has 0 saturated carbocycles. The van der Waals surface area contributed by atoms with E-state index in [-0.39, 0.29) is 11.8 Å². The number of para-hydroxylation sites is 1. The molecule has 1 aliphatic heterocycles. The van der Waals surface area contributed by atoms with Crippen molar-refractivity contribution in [3.05, 3.63) is 53.0 Å². The van der Waals surface area contributed by atoms with Crippen LogP contribution in [0, 0.1) is 0 Å². The number of methoxy groups -OCH3 is 1. The fourth-order valence-corrected chi connectivity index (χ4v) is 5.20. The second-order valence-electron chi connectivity index (χ2n) is 8.27. The lowest BCUT2D eigenvalue weighted by atomic mass is 9.96. The maximum Gasteiger partial charge on any atom is 0.273 e. The maximum absolute atomic E-state index is 12.7. The Labute approximate surface area is 198 Å². The molecule has 1 aromatic carbocycles. The number of nitrogen functional groups attached to an aromatic ring is 1. The third-order valence-corrected chi connectivity index (χ3v) is 6.96. The number of aromatic amines is 1. The van der Waals surface area contributed by atoms with E-state index in [2.05, 4.69) is 20.1 Å². The molecule has 6 rings (SSSR count). The average molecular weight is 475 g/mol. The summed E-state index contributed by atoms with van der Waals surface area (Å²) in [5, 5.41) is 7.29. The number of piperidine rings is 1. The molecule has 0 aliphatic carbocycles. The van der Waals surface area contributed by atoms with E-state index in [0.717, 1.165) is 41.0 Å². The van der Waals surface area contributed by atoms with Crippen molar-refractivity contribution in [3.8, 4) is 17.1 Å². The van der Waals surface area contributed by atoms with Crippen LogP contribution in [0.5, 0.6) is 5.75 Å². The van der Waals surface area contributed by atoms with Gasteiger partial charge in [-0.15, -0.1) is 11.3 Å². The topological polar surface area (TPSA) is 127 Å². The van der Waals surface area contributed by atoms with Gasteiger partial charge in [0.15, 0.2) is 5.82 Å². The summed E-state index contributed by atoms with van der Waals surface area (Å²) in [6.45, 7) is 1.27. The Morgan fingerprint density at radius 3 is 2.88 bits per heavy atom. The van der Waals surface area contributed by atoms with Crippen molar-refractivity contribution in [1.29, 1.82) is 0 Å². The normalized spacial score (nSPS) is 14.8. The first-order valence-corrected chi connectivity index (χ1v) is 11.9. The number of nitrogens with two attached hydrogens (primary N) is 1. The smallest absolute Gasteiger partial charge is 0.273 e. The molecule has 34 heavy (non-hydrogen) atoms. The lowest BCUT2D eigenvalue weighted by Gasteiger charge is -2.30. The Balaban J connectivity index is 1.36. The fraction of sp³-hybridized carbons (Fsp3) is 0.261. The number of benzene rings is 1. The summed E-state index contributed by atoms with van der Waals surface area (Å²) < 4.78 is 7.30. The van der Waals surface area contributed by atoms with Crippen molar-refractivity contribution in [2.24, 2.45) is 0 Å². The van der Waals surface area contributed by atoms with Gasteiger partial charge in [0.25, 0.3) is 5.91 Å². The van der Waals surface area contributed by atoms with Crippen molar-refractivity contribution >= 4 is 39.5 Å². The van der Waals surface area contributed by atoms with Crippen LogP contribution in [0.15, 0.2) is 41.5 Å². The van der Waals surface area contributed by atoms with Gasteiger partial charge >= 0.3 is 0 Å². The number of nitrogens with zero attached hydrogens (tertiary/aromatic N) is 6. The third-order valence-electron chi connectivity index (χ3n) is 6.38. The Morgan fingerprint density at radius 1 is 1.26 bits per heavy atom. The number of thiazole rings is 1. The molecule has 5 heterocycles. The number of aromatic nitrogens is 6. The lowest BCUT2D eigenvalue weighted by molar-refractivity contribution is 0.0705. The number of nitrogens with one attached hydrogen (secondary N) is 1. The monoisotopic (exact) mass is 474 g/mol. The first-order valence-electron chi connectivity index (χ1n) is 11.0. The lowest BCUT2D eigenvalue weighted by Crippen LogP contribution is -2.38. The summed E-state index contributed by atoms with van der Waals surface area (Å²) in [5.41, 5.74) is 11.6. The number of carbonyl (C=O) groups excluding carboxylic acids is 1. The molecule has 172 valence electrons. The third kappa shape index (κ3) is 3.27. The molecule has 1 aliphatic rings. The number of fused-ring (bicyclic) bond motifs is 2. The summed E-state index contributed by atoms with van der Waals surface area (Å²) in [6, 6.07) is 7.92. The van der Waals surface area contributed by atoms with Gasteiger partial charge in [-0.1, -0.05) is 12.1 Å². The van der Waals surface area contributed by atoms with Crippen LogP contribution in [0.1, 0.15) is 35.1 Å². The van der Waals surface area contributed by atoms with Crippen LogP contribution in [-0.2, 0) is 0 Å². The van der Waals surface area contributed by atoms with E-state index < -0.39 is 0 Å². The molecule has 0 radical (unpaired) electrons. The van der Waals surface area contributed by atoms with Crippen LogP contribution < -0.4 is 10.5 Å². The molecule has 11 heteroatoms. The molecule has 10 nitrogen and oxygen atoms in total. The predicted molar refractivity (Wildman–Crippen MR) is 129 cm³/mol. The van der Waals surface area contributed by atoms with Gasteiger partial charge in [0.05, 0.1) is 23.8 Å². The zero-order valence-electron chi connectivity index (χ0n) is 18.4. The molecule has 3 N–H and O–H groups in total. The molecule has 0 atom stereocenters.